The summed E-state index contributed by atoms with van der Waals surface area (Å²) in [6, 6.07) is 5.96. The lowest BCUT2D eigenvalue weighted by Crippen LogP contribution is -2.39. The van der Waals surface area contributed by atoms with Crippen molar-refractivity contribution >= 4 is 17.6 Å². The molecule has 1 rings (SSSR count). The third kappa shape index (κ3) is 3.30. The summed E-state index contributed by atoms with van der Waals surface area (Å²) >= 11 is 0. The highest BCUT2D eigenvalue weighted by molar-refractivity contribution is 5.96. The first kappa shape index (κ1) is 15.1. The number of carboxylic acid groups (broad SMARTS) is 1. The molecule has 0 fully saturated rings. The van der Waals surface area contributed by atoms with Gasteiger partial charge >= 0.3 is 5.97 Å². The second-order valence-corrected chi connectivity index (χ2v) is 4.45. The third-order valence-electron chi connectivity index (χ3n) is 3.25. The average molecular weight is 267 g/mol. The zero-order valence-electron chi connectivity index (χ0n) is 11.3. The van der Waals surface area contributed by atoms with E-state index in [0.717, 1.165) is 0 Å². The highest BCUT2D eigenvalue weighted by Gasteiger charge is 2.30. The maximum atomic E-state index is 13.7. The van der Waals surface area contributed by atoms with Gasteiger partial charge in [0, 0.05) is 12.5 Å². The first-order valence-electron chi connectivity index (χ1n) is 6.18. The highest BCUT2D eigenvalue weighted by atomic mass is 19.1. The van der Waals surface area contributed by atoms with E-state index in [9.17, 15) is 14.0 Å². The molecule has 0 spiro atoms. The minimum atomic E-state index is -1.04. The van der Waals surface area contributed by atoms with Crippen molar-refractivity contribution in [3.8, 4) is 0 Å². The van der Waals surface area contributed by atoms with Gasteiger partial charge in [-0.1, -0.05) is 26.0 Å². The molecule has 1 aromatic rings. The van der Waals surface area contributed by atoms with E-state index < -0.39 is 23.6 Å². The van der Waals surface area contributed by atoms with E-state index in [0.29, 0.717) is 0 Å². The molecule has 0 radical (unpaired) electrons. The van der Waals surface area contributed by atoms with Crippen molar-refractivity contribution in [2.45, 2.75) is 20.8 Å². The molecule has 0 aliphatic heterocycles. The number of aliphatic carboxylic acids is 1. The van der Waals surface area contributed by atoms with E-state index in [1.54, 1.807) is 26.0 Å². The molecule has 0 bridgehead atoms. The Morgan fingerprint density at radius 3 is 2.32 bits per heavy atom. The summed E-state index contributed by atoms with van der Waals surface area (Å²) in [7, 11) is 0. The number of rotatable bonds is 5. The molecule has 1 N–H and O–H groups in total. The zero-order valence-corrected chi connectivity index (χ0v) is 11.3. The van der Waals surface area contributed by atoms with Crippen molar-refractivity contribution < 1.29 is 19.1 Å². The van der Waals surface area contributed by atoms with Crippen molar-refractivity contribution in [3.05, 3.63) is 30.1 Å². The standard InChI is InChI=1S/C14H18FNO3/c1-4-16(12-8-6-5-7-11(12)15)13(17)9(2)10(3)14(18)19/h5-10H,4H2,1-3H3,(H,18,19). The summed E-state index contributed by atoms with van der Waals surface area (Å²) in [5.41, 5.74) is 0.180. The predicted octanol–water partition coefficient (Wildman–Crippen LogP) is 2.54. The van der Waals surface area contributed by atoms with Gasteiger partial charge in [0.25, 0.3) is 0 Å². The molecule has 0 aliphatic rings. The molecule has 0 heterocycles. The largest absolute Gasteiger partial charge is 0.481 e. The Morgan fingerprint density at radius 2 is 1.84 bits per heavy atom. The lowest BCUT2D eigenvalue weighted by atomic mass is 9.94. The quantitative estimate of drug-likeness (QED) is 0.891. The fraction of sp³-hybridized carbons (Fsp3) is 0.429. The van der Waals surface area contributed by atoms with Gasteiger partial charge in [0.05, 0.1) is 11.6 Å². The number of hydrogen-bond acceptors (Lipinski definition) is 2. The number of para-hydroxylation sites is 1. The van der Waals surface area contributed by atoms with Crippen molar-refractivity contribution in [3.63, 3.8) is 0 Å². The molecule has 0 aromatic heterocycles. The van der Waals surface area contributed by atoms with Crippen LogP contribution >= 0.6 is 0 Å². The van der Waals surface area contributed by atoms with Crippen molar-refractivity contribution in [1.82, 2.24) is 0 Å². The lowest BCUT2D eigenvalue weighted by Gasteiger charge is -2.26. The normalized spacial score (nSPS) is 13.7. The molecule has 19 heavy (non-hydrogen) atoms. The third-order valence-corrected chi connectivity index (χ3v) is 3.25. The van der Waals surface area contributed by atoms with Crippen LogP contribution in [0, 0.1) is 17.7 Å². The van der Waals surface area contributed by atoms with E-state index >= 15 is 0 Å². The molecule has 0 saturated heterocycles. The number of hydrogen-bond donors (Lipinski definition) is 1. The van der Waals surface area contributed by atoms with Crippen molar-refractivity contribution in [1.29, 1.82) is 0 Å². The van der Waals surface area contributed by atoms with Crippen molar-refractivity contribution in [2.24, 2.45) is 11.8 Å². The van der Waals surface area contributed by atoms with Crippen LogP contribution in [-0.2, 0) is 9.59 Å². The van der Waals surface area contributed by atoms with E-state index in [1.807, 2.05) is 0 Å². The maximum Gasteiger partial charge on any atom is 0.307 e. The van der Waals surface area contributed by atoms with Gasteiger partial charge in [0.2, 0.25) is 5.91 Å². The maximum absolute atomic E-state index is 13.7. The van der Waals surface area contributed by atoms with Crippen LogP contribution in [0.25, 0.3) is 0 Å². The van der Waals surface area contributed by atoms with Crippen LogP contribution in [0.5, 0.6) is 0 Å². The van der Waals surface area contributed by atoms with Gasteiger partial charge in [0.15, 0.2) is 0 Å². The second-order valence-electron chi connectivity index (χ2n) is 4.45. The minimum absolute atomic E-state index is 0.180. The fourth-order valence-electron chi connectivity index (χ4n) is 1.79. The predicted molar refractivity (Wildman–Crippen MR) is 70.4 cm³/mol. The molecule has 4 nitrogen and oxygen atoms in total. The van der Waals surface area contributed by atoms with Crippen LogP contribution < -0.4 is 4.90 Å². The Hall–Kier alpha value is -1.91. The first-order chi connectivity index (χ1) is 8.90. The van der Waals surface area contributed by atoms with Gasteiger partial charge in [-0.15, -0.1) is 0 Å². The molecule has 1 aromatic carbocycles. The van der Waals surface area contributed by atoms with Gasteiger partial charge in [-0.2, -0.15) is 0 Å². The smallest absolute Gasteiger partial charge is 0.307 e. The minimum Gasteiger partial charge on any atom is -0.481 e. The van der Waals surface area contributed by atoms with Crippen LogP contribution in [0.15, 0.2) is 24.3 Å². The summed E-state index contributed by atoms with van der Waals surface area (Å²) < 4.78 is 13.7. The van der Waals surface area contributed by atoms with Crippen LogP contribution in [0.2, 0.25) is 0 Å². The molecule has 2 unspecified atom stereocenters. The number of carboxylic acids is 1. The molecule has 5 heteroatoms. The molecule has 1 amide bonds. The molecular weight excluding hydrogens is 249 g/mol. The van der Waals surface area contributed by atoms with Gasteiger partial charge in [-0.25, -0.2) is 4.39 Å². The van der Waals surface area contributed by atoms with Crippen LogP contribution in [0.1, 0.15) is 20.8 Å². The van der Waals surface area contributed by atoms with Crippen LogP contribution in [0.3, 0.4) is 0 Å². The Morgan fingerprint density at radius 1 is 1.26 bits per heavy atom. The SMILES string of the molecule is CCN(C(=O)C(C)C(C)C(=O)O)c1ccccc1F. The number of benzene rings is 1. The molecule has 2 atom stereocenters. The summed E-state index contributed by atoms with van der Waals surface area (Å²) in [5, 5.41) is 8.94. The topological polar surface area (TPSA) is 57.6 Å². The molecule has 104 valence electrons. The Balaban J connectivity index is 3.01. The van der Waals surface area contributed by atoms with Gasteiger partial charge in [0.1, 0.15) is 5.82 Å². The number of carbonyl (C=O) groups is 2. The van der Waals surface area contributed by atoms with Gasteiger partial charge in [-0.05, 0) is 19.1 Å². The number of anilines is 1. The summed E-state index contributed by atoms with van der Waals surface area (Å²) in [6.45, 7) is 5.03. The lowest BCUT2D eigenvalue weighted by molar-refractivity contribution is -0.145. The van der Waals surface area contributed by atoms with Gasteiger partial charge in [-0.3, -0.25) is 9.59 Å². The monoisotopic (exact) mass is 267 g/mol. The number of halogens is 1. The average Bonchev–Trinajstić information content (AvgIpc) is 2.39. The Bertz CT molecular complexity index is 476. The Labute approximate surface area is 111 Å². The second kappa shape index (κ2) is 6.31. The molecule has 0 saturated carbocycles. The molecular formula is C14H18FNO3. The van der Waals surface area contributed by atoms with Crippen LogP contribution in [-0.4, -0.2) is 23.5 Å². The van der Waals surface area contributed by atoms with E-state index in [-0.39, 0.29) is 18.1 Å². The van der Waals surface area contributed by atoms with Gasteiger partial charge < -0.3 is 10.0 Å². The summed E-state index contributed by atoms with van der Waals surface area (Å²) in [5.74, 6) is -3.44. The first-order valence-corrected chi connectivity index (χ1v) is 6.18. The van der Waals surface area contributed by atoms with E-state index in [1.165, 1.54) is 24.0 Å². The van der Waals surface area contributed by atoms with Crippen molar-refractivity contribution in [2.75, 3.05) is 11.4 Å². The highest BCUT2D eigenvalue weighted by Crippen LogP contribution is 2.23. The fourth-order valence-corrected chi connectivity index (χ4v) is 1.79. The van der Waals surface area contributed by atoms with E-state index in [2.05, 4.69) is 0 Å². The number of amides is 1. The Kier molecular flexibility index (Phi) is 5.03. The zero-order chi connectivity index (χ0) is 14.6. The molecule has 0 aliphatic carbocycles. The summed E-state index contributed by atoms with van der Waals surface area (Å²) in [4.78, 5) is 24.5. The van der Waals surface area contributed by atoms with E-state index in [4.69, 9.17) is 5.11 Å². The summed E-state index contributed by atoms with van der Waals surface area (Å²) in [6.07, 6.45) is 0. The number of nitrogens with zero attached hydrogens (tertiary/aromatic N) is 1. The van der Waals surface area contributed by atoms with Crippen LogP contribution in [0.4, 0.5) is 10.1 Å². The number of carbonyl (C=O) groups excluding carboxylic acids is 1.